The largest absolute Gasteiger partial charge is 0.508 e. The fourth-order valence-electron chi connectivity index (χ4n) is 3.96. The maximum absolute atomic E-state index is 10.00. The van der Waals surface area contributed by atoms with Crippen molar-refractivity contribution in [1.82, 2.24) is 19.6 Å². The van der Waals surface area contributed by atoms with Crippen molar-refractivity contribution in [2.45, 2.75) is 5.92 Å². The summed E-state index contributed by atoms with van der Waals surface area (Å²) in [6, 6.07) is 17.0. The van der Waals surface area contributed by atoms with Gasteiger partial charge in [-0.3, -0.25) is 0 Å². The zero-order valence-corrected chi connectivity index (χ0v) is 17.2. The first kappa shape index (κ1) is 17.9. The molecule has 5 aromatic rings. The molecule has 7 nitrogen and oxygen atoms in total. The van der Waals surface area contributed by atoms with Crippen LogP contribution in [-0.4, -0.2) is 31.8 Å². The van der Waals surface area contributed by atoms with Gasteiger partial charge in [-0.15, -0.1) is 16.4 Å². The number of rotatable bonds is 3. The van der Waals surface area contributed by atoms with Crippen LogP contribution in [0, 0.1) is 0 Å². The van der Waals surface area contributed by atoms with Gasteiger partial charge in [-0.1, -0.05) is 24.3 Å². The minimum absolute atomic E-state index is 0.138. The van der Waals surface area contributed by atoms with Crippen molar-refractivity contribution < 1.29 is 14.6 Å². The van der Waals surface area contributed by atoms with Gasteiger partial charge in [0, 0.05) is 17.5 Å². The summed E-state index contributed by atoms with van der Waals surface area (Å²) in [6.45, 7) is 0. The van der Waals surface area contributed by atoms with Crippen molar-refractivity contribution in [2.75, 3.05) is 7.11 Å². The number of ether oxygens (including phenoxy) is 2. The normalized spacial score (nSPS) is 14.7. The molecule has 0 fully saturated rings. The summed E-state index contributed by atoms with van der Waals surface area (Å²) in [5.74, 6) is 2.40. The molecule has 1 aliphatic rings. The quantitative estimate of drug-likeness (QED) is 0.434. The molecule has 0 bridgehead atoms. The van der Waals surface area contributed by atoms with Gasteiger partial charge in [0.25, 0.3) is 0 Å². The number of aromatic nitrogens is 4. The number of benzene rings is 2. The second-order valence-electron chi connectivity index (χ2n) is 7.17. The Bertz CT molecular complexity index is 1410. The fourth-order valence-corrected chi connectivity index (χ4v) is 4.61. The number of hydrogen-bond donors (Lipinski definition) is 1. The maximum Gasteiger partial charge on any atom is 0.228 e. The zero-order valence-electron chi connectivity index (χ0n) is 16.4. The molecule has 0 unspecified atom stereocenters. The Balaban J connectivity index is 1.61. The summed E-state index contributed by atoms with van der Waals surface area (Å²) < 4.78 is 13.1. The molecular formula is C23H16N4O3S. The van der Waals surface area contributed by atoms with E-state index in [1.54, 1.807) is 41.4 Å². The van der Waals surface area contributed by atoms with Gasteiger partial charge < -0.3 is 14.6 Å². The first-order valence-electron chi connectivity index (χ1n) is 9.65. The molecule has 2 aromatic carbocycles. The topological polar surface area (TPSA) is 81.8 Å². The Morgan fingerprint density at radius 1 is 1.13 bits per heavy atom. The Morgan fingerprint density at radius 3 is 2.77 bits per heavy atom. The van der Waals surface area contributed by atoms with Crippen molar-refractivity contribution in [2.24, 2.45) is 0 Å². The van der Waals surface area contributed by atoms with Gasteiger partial charge in [0.05, 0.1) is 17.6 Å². The van der Waals surface area contributed by atoms with E-state index in [-0.39, 0.29) is 11.7 Å². The van der Waals surface area contributed by atoms with E-state index in [9.17, 15) is 5.11 Å². The Morgan fingerprint density at radius 2 is 2.00 bits per heavy atom. The molecule has 4 heterocycles. The molecule has 31 heavy (non-hydrogen) atoms. The second kappa shape index (κ2) is 6.82. The lowest BCUT2D eigenvalue weighted by molar-refractivity contribution is 0.414. The smallest absolute Gasteiger partial charge is 0.228 e. The highest BCUT2D eigenvalue weighted by Gasteiger charge is 2.33. The standard InChI is InChI=1S/C23H16N4O3S/c1-29-15-7-4-13(5-8-15)19-16-9-6-14(28)11-17(16)30-23-20(19)22-25-21(18-3-2-10-31-18)26-27(22)12-24-23/h2-12,19,28H,1H3/t19-/m1/s1. The lowest BCUT2D eigenvalue weighted by atomic mass is 9.84. The van der Waals surface area contributed by atoms with Gasteiger partial charge in [0.15, 0.2) is 11.5 Å². The van der Waals surface area contributed by atoms with E-state index in [1.807, 2.05) is 47.8 Å². The van der Waals surface area contributed by atoms with Crippen LogP contribution < -0.4 is 9.47 Å². The third-order valence-electron chi connectivity index (χ3n) is 5.38. The van der Waals surface area contributed by atoms with E-state index < -0.39 is 0 Å². The third-order valence-corrected chi connectivity index (χ3v) is 6.25. The van der Waals surface area contributed by atoms with Crippen LogP contribution in [0.4, 0.5) is 0 Å². The lowest BCUT2D eigenvalue weighted by Crippen LogP contribution is -2.15. The SMILES string of the molecule is COc1ccc([C@@H]2c3ccc(O)cc3Oc3ncn4nc(-c5cccs5)nc4c32)cc1. The summed E-state index contributed by atoms with van der Waals surface area (Å²) >= 11 is 1.59. The lowest BCUT2D eigenvalue weighted by Gasteiger charge is -2.28. The summed E-state index contributed by atoms with van der Waals surface area (Å²) in [5.41, 5.74) is 3.48. The van der Waals surface area contributed by atoms with E-state index in [4.69, 9.17) is 14.5 Å². The zero-order chi connectivity index (χ0) is 20.9. The van der Waals surface area contributed by atoms with E-state index in [0.717, 1.165) is 27.3 Å². The van der Waals surface area contributed by atoms with Crippen molar-refractivity contribution in [1.29, 1.82) is 0 Å². The molecule has 0 radical (unpaired) electrons. The maximum atomic E-state index is 10.00. The average molecular weight is 428 g/mol. The highest BCUT2D eigenvalue weighted by molar-refractivity contribution is 7.13. The van der Waals surface area contributed by atoms with E-state index in [2.05, 4.69) is 10.1 Å². The van der Waals surface area contributed by atoms with Gasteiger partial charge in [-0.2, -0.15) is 0 Å². The number of phenolic OH excluding ortho intramolecular Hbond substituents is 1. The summed E-state index contributed by atoms with van der Waals surface area (Å²) in [6.07, 6.45) is 1.61. The molecular weight excluding hydrogens is 412 g/mol. The first-order chi connectivity index (χ1) is 15.2. The predicted octanol–water partition coefficient (Wildman–Crippen LogP) is 4.85. The monoisotopic (exact) mass is 428 g/mol. The predicted molar refractivity (Wildman–Crippen MR) is 116 cm³/mol. The highest BCUT2D eigenvalue weighted by atomic mass is 32.1. The molecule has 0 saturated carbocycles. The molecule has 0 spiro atoms. The van der Waals surface area contributed by atoms with Crippen LogP contribution in [0.25, 0.3) is 16.3 Å². The van der Waals surface area contributed by atoms with Crippen molar-refractivity contribution in [3.63, 3.8) is 0 Å². The Hall–Kier alpha value is -3.91. The minimum atomic E-state index is -0.193. The summed E-state index contributed by atoms with van der Waals surface area (Å²) in [7, 11) is 1.65. The molecule has 8 heteroatoms. The van der Waals surface area contributed by atoms with Crippen LogP contribution in [0.2, 0.25) is 0 Å². The molecule has 1 atom stereocenters. The number of nitrogens with zero attached hydrogens (tertiary/aromatic N) is 4. The average Bonchev–Trinajstić information content (AvgIpc) is 3.47. The van der Waals surface area contributed by atoms with Crippen LogP contribution in [-0.2, 0) is 0 Å². The van der Waals surface area contributed by atoms with Gasteiger partial charge >= 0.3 is 0 Å². The molecule has 0 saturated heterocycles. The van der Waals surface area contributed by atoms with E-state index in [0.29, 0.717) is 23.1 Å². The number of phenols is 1. The molecule has 1 N–H and O–H groups in total. The highest BCUT2D eigenvalue weighted by Crippen LogP contribution is 2.48. The minimum Gasteiger partial charge on any atom is -0.508 e. The van der Waals surface area contributed by atoms with Crippen molar-refractivity contribution in [3.05, 3.63) is 83.0 Å². The number of hydrogen-bond acceptors (Lipinski definition) is 7. The number of thiophene rings is 1. The molecule has 3 aromatic heterocycles. The van der Waals surface area contributed by atoms with Gasteiger partial charge in [0.2, 0.25) is 5.88 Å². The Labute approximate surface area is 181 Å². The molecule has 0 aliphatic carbocycles. The van der Waals surface area contributed by atoms with E-state index in [1.165, 1.54) is 0 Å². The summed E-state index contributed by atoms with van der Waals surface area (Å²) in [5, 5.41) is 16.6. The van der Waals surface area contributed by atoms with Gasteiger partial charge in [-0.25, -0.2) is 14.5 Å². The molecule has 6 rings (SSSR count). The van der Waals surface area contributed by atoms with Crippen molar-refractivity contribution in [3.8, 4) is 33.8 Å². The van der Waals surface area contributed by atoms with Crippen LogP contribution in [0.1, 0.15) is 22.6 Å². The molecule has 1 aliphatic heterocycles. The number of methoxy groups -OCH3 is 1. The first-order valence-corrected chi connectivity index (χ1v) is 10.5. The molecule has 152 valence electrons. The Kier molecular flexibility index (Phi) is 3.94. The van der Waals surface area contributed by atoms with Crippen molar-refractivity contribution >= 4 is 17.0 Å². The van der Waals surface area contributed by atoms with Gasteiger partial charge in [0.1, 0.15) is 23.6 Å². The third kappa shape index (κ3) is 2.83. The van der Waals surface area contributed by atoms with E-state index >= 15 is 0 Å². The van der Waals surface area contributed by atoms with Crippen LogP contribution in [0.5, 0.6) is 23.1 Å². The second-order valence-corrected chi connectivity index (χ2v) is 8.12. The number of aromatic hydroxyl groups is 1. The summed E-state index contributed by atoms with van der Waals surface area (Å²) in [4.78, 5) is 10.3. The van der Waals surface area contributed by atoms with Crippen LogP contribution >= 0.6 is 11.3 Å². The van der Waals surface area contributed by atoms with Gasteiger partial charge in [-0.05, 0) is 35.2 Å². The van der Waals surface area contributed by atoms with Crippen LogP contribution in [0.3, 0.4) is 0 Å². The number of fused-ring (bicyclic) bond motifs is 4. The molecule has 0 amide bonds. The fraction of sp³-hybridized carbons (Fsp3) is 0.0870. The van der Waals surface area contributed by atoms with Crippen LogP contribution in [0.15, 0.2) is 66.3 Å².